The summed E-state index contributed by atoms with van der Waals surface area (Å²) in [4.78, 5) is 4.45. The number of fused-ring (bicyclic) bond motifs is 2. The van der Waals surface area contributed by atoms with Crippen LogP contribution in [0.15, 0.2) is 23.2 Å². The van der Waals surface area contributed by atoms with Crippen molar-refractivity contribution >= 4 is 35.6 Å². The summed E-state index contributed by atoms with van der Waals surface area (Å²) < 4.78 is 2.15. The van der Waals surface area contributed by atoms with E-state index in [2.05, 4.69) is 43.3 Å². The minimum atomic E-state index is 0. The van der Waals surface area contributed by atoms with Gasteiger partial charge >= 0.3 is 0 Å². The van der Waals surface area contributed by atoms with E-state index in [0.717, 1.165) is 49.6 Å². The van der Waals surface area contributed by atoms with Gasteiger partial charge in [0.2, 0.25) is 0 Å². The number of anilines is 1. The van der Waals surface area contributed by atoms with Crippen LogP contribution in [0.1, 0.15) is 42.0 Å². The minimum Gasteiger partial charge on any atom is -0.370 e. The van der Waals surface area contributed by atoms with Gasteiger partial charge < -0.3 is 15.6 Å². The lowest BCUT2D eigenvalue weighted by molar-refractivity contribution is 0.686. The first-order chi connectivity index (χ1) is 11.3. The topological polar surface area (TPSA) is 81.1 Å². The second kappa shape index (κ2) is 7.50. The molecule has 1 aromatic heterocycles. The molecule has 0 saturated heterocycles. The van der Waals surface area contributed by atoms with E-state index in [1.165, 1.54) is 24.0 Å². The molecule has 0 amide bonds. The van der Waals surface area contributed by atoms with Crippen LogP contribution < -0.4 is 11.1 Å². The highest BCUT2D eigenvalue weighted by Crippen LogP contribution is 2.27. The molecule has 6 nitrogen and oxygen atoms in total. The predicted molar refractivity (Wildman–Crippen MR) is 106 cm³/mol. The van der Waals surface area contributed by atoms with Gasteiger partial charge in [-0.3, -0.25) is 0 Å². The standard InChI is InChI=1S/C17H22N6.HI/c18-17(19-11-16-22-21-15-9-4-10-23(15)16)20-14-8-3-6-12-5-1-2-7-13(12)14;/h3,6,8H,1-2,4-5,7,9-11H2,(H3,18,19,20);1H. The molecule has 7 heteroatoms. The monoisotopic (exact) mass is 438 g/mol. The van der Waals surface area contributed by atoms with E-state index >= 15 is 0 Å². The molecule has 1 aliphatic carbocycles. The fraction of sp³-hybridized carbons (Fsp3) is 0.471. The maximum atomic E-state index is 6.08. The molecule has 3 N–H and O–H groups in total. The van der Waals surface area contributed by atoms with Crippen LogP contribution in [0.25, 0.3) is 0 Å². The van der Waals surface area contributed by atoms with Crippen LogP contribution in [0.2, 0.25) is 0 Å². The zero-order valence-corrected chi connectivity index (χ0v) is 16.0. The molecule has 128 valence electrons. The minimum absolute atomic E-state index is 0. The number of nitrogens with one attached hydrogen (secondary N) is 1. The zero-order valence-electron chi connectivity index (χ0n) is 13.7. The first-order valence-electron chi connectivity index (χ1n) is 8.40. The van der Waals surface area contributed by atoms with Crippen molar-refractivity contribution in [1.29, 1.82) is 0 Å². The Bertz CT molecular complexity index is 752. The molecule has 0 atom stereocenters. The first kappa shape index (κ1) is 17.2. The number of aromatic nitrogens is 3. The fourth-order valence-electron chi connectivity index (χ4n) is 3.56. The third-order valence-corrected chi connectivity index (χ3v) is 4.74. The molecule has 0 fully saturated rings. The molecule has 0 bridgehead atoms. The largest absolute Gasteiger partial charge is 0.370 e. The molecule has 24 heavy (non-hydrogen) atoms. The number of hydrogen-bond acceptors (Lipinski definition) is 3. The van der Waals surface area contributed by atoms with Gasteiger partial charge in [-0.25, -0.2) is 4.99 Å². The number of nitrogens with zero attached hydrogens (tertiary/aromatic N) is 4. The number of aryl methyl sites for hydroxylation is 2. The maximum absolute atomic E-state index is 6.08. The van der Waals surface area contributed by atoms with Crippen LogP contribution >= 0.6 is 24.0 Å². The van der Waals surface area contributed by atoms with Crippen molar-refractivity contribution in [2.45, 2.75) is 51.6 Å². The average molecular weight is 438 g/mol. The molecular formula is C17H23IN6. The van der Waals surface area contributed by atoms with Gasteiger partial charge in [0.25, 0.3) is 0 Å². The lowest BCUT2D eigenvalue weighted by Crippen LogP contribution is -2.24. The summed E-state index contributed by atoms with van der Waals surface area (Å²) in [6.45, 7) is 1.47. The van der Waals surface area contributed by atoms with Gasteiger partial charge in [0, 0.05) is 18.7 Å². The van der Waals surface area contributed by atoms with Crippen molar-refractivity contribution in [2.24, 2.45) is 10.7 Å². The third kappa shape index (κ3) is 3.40. The van der Waals surface area contributed by atoms with Crippen LogP contribution in [0.5, 0.6) is 0 Å². The zero-order chi connectivity index (χ0) is 15.6. The summed E-state index contributed by atoms with van der Waals surface area (Å²) in [5.74, 6) is 2.41. The third-order valence-electron chi connectivity index (χ3n) is 4.74. The molecule has 0 spiro atoms. The van der Waals surface area contributed by atoms with Crippen molar-refractivity contribution < 1.29 is 0 Å². The highest BCUT2D eigenvalue weighted by Gasteiger charge is 2.17. The molecule has 4 rings (SSSR count). The Balaban J connectivity index is 0.00000169. The molecule has 0 saturated carbocycles. The van der Waals surface area contributed by atoms with E-state index in [-0.39, 0.29) is 24.0 Å². The van der Waals surface area contributed by atoms with Crippen molar-refractivity contribution in [3.05, 3.63) is 41.0 Å². The van der Waals surface area contributed by atoms with Crippen molar-refractivity contribution in [1.82, 2.24) is 14.8 Å². The highest BCUT2D eigenvalue weighted by atomic mass is 127. The Morgan fingerprint density at radius 3 is 2.96 bits per heavy atom. The van der Waals surface area contributed by atoms with E-state index < -0.39 is 0 Å². The first-order valence-corrected chi connectivity index (χ1v) is 8.40. The Kier molecular flexibility index (Phi) is 5.37. The Labute approximate surface area is 159 Å². The van der Waals surface area contributed by atoms with Crippen molar-refractivity contribution in [3.8, 4) is 0 Å². The summed E-state index contributed by atoms with van der Waals surface area (Å²) in [6, 6.07) is 6.39. The number of nitrogens with two attached hydrogens (primary N) is 1. The van der Waals surface area contributed by atoms with Gasteiger partial charge in [0.1, 0.15) is 12.4 Å². The maximum Gasteiger partial charge on any atom is 0.193 e. The Morgan fingerprint density at radius 1 is 1.17 bits per heavy atom. The predicted octanol–water partition coefficient (Wildman–Crippen LogP) is 2.65. The van der Waals surface area contributed by atoms with Crippen molar-refractivity contribution in [2.75, 3.05) is 5.32 Å². The number of hydrogen-bond donors (Lipinski definition) is 2. The average Bonchev–Trinajstić information content (AvgIpc) is 3.17. The van der Waals surface area contributed by atoms with E-state index in [9.17, 15) is 0 Å². The Hall–Kier alpha value is -1.64. The number of aliphatic imine (C=N–C) groups is 1. The Morgan fingerprint density at radius 2 is 2.04 bits per heavy atom. The van der Waals surface area contributed by atoms with Gasteiger partial charge in [-0.15, -0.1) is 34.2 Å². The molecule has 2 aliphatic rings. The van der Waals surface area contributed by atoms with Crippen LogP contribution in [0.3, 0.4) is 0 Å². The number of rotatable bonds is 3. The number of halogens is 1. The van der Waals surface area contributed by atoms with E-state index in [4.69, 9.17) is 5.73 Å². The molecule has 2 heterocycles. The lowest BCUT2D eigenvalue weighted by atomic mass is 9.90. The van der Waals surface area contributed by atoms with E-state index in [1.54, 1.807) is 0 Å². The lowest BCUT2D eigenvalue weighted by Gasteiger charge is -2.19. The molecule has 2 aromatic rings. The van der Waals surface area contributed by atoms with Gasteiger partial charge in [0.15, 0.2) is 11.8 Å². The van der Waals surface area contributed by atoms with Gasteiger partial charge in [0.05, 0.1) is 0 Å². The summed E-state index contributed by atoms with van der Waals surface area (Å²) in [6.07, 6.45) is 6.95. The van der Waals surface area contributed by atoms with Gasteiger partial charge in [-0.2, -0.15) is 0 Å². The molecule has 0 radical (unpaired) electrons. The quantitative estimate of drug-likeness (QED) is 0.439. The fourth-order valence-corrected chi connectivity index (χ4v) is 3.56. The normalized spacial score (nSPS) is 16.2. The van der Waals surface area contributed by atoms with Crippen LogP contribution in [0.4, 0.5) is 5.69 Å². The number of guanidine groups is 1. The van der Waals surface area contributed by atoms with Crippen LogP contribution in [0, 0.1) is 0 Å². The SMILES string of the molecule is I.NC(=NCc1nnc2n1CCC2)Nc1cccc2c1CCCC2. The summed E-state index contributed by atoms with van der Waals surface area (Å²) >= 11 is 0. The van der Waals surface area contributed by atoms with E-state index in [0.29, 0.717) is 12.5 Å². The van der Waals surface area contributed by atoms with E-state index in [1.807, 2.05) is 0 Å². The summed E-state index contributed by atoms with van der Waals surface area (Å²) in [7, 11) is 0. The van der Waals surface area contributed by atoms with Crippen molar-refractivity contribution in [3.63, 3.8) is 0 Å². The second-order valence-electron chi connectivity index (χ2n) is 6.26. The molecule has 1 aromatic carbocycles. The van der Waals surface area contributed by atoms with Gasteiger partial charge in [-0.05, 0) is 49.3 Å². The molecule has 0 unspecified atom stereocenters. The second-order valence-corrected chi connectivity index (χ2v) is 6.26. The summed E-state index contributed by atoms with van der Waals surface area (Å²) in [5.41, 5.74) is 10.00. The summed E-state index contributed by atoms with van der Waals surface area (Å²) in [5, 5.41) is 11.7. The van der Waals surface area contributed by atoms with Crippen LogP contribution in [-0.2, 0) is 32.4 Å². The molecule has 1 aliphatic heterocycles. The smallest absolute Gasteiger partial charge is 0.193 e. The van der Waals surface area contributed by atoms with Crippen LogP contribution in [-0.4, -0.2) is 20.7 Å². The number of benzene rings is 1. The van der Waals surface area contributed by atoms with Gasteiger partial charge in [-0.1, -0.05) is 12.1 Å². The molecular weight excluding hydrogens is 415 g/mol. The highest BCUT2D eigenvalue weighted by molar-refractivity contribution is 14.0.